The minimum absolute atomic E-state index is 0.0652. The van der Waals surface area contributed by atoms with Crippen LogP contribution in [0.1, 0.15) is 5.69 Å². The van der Waals surface area contributed by atoms with Gasteiger partial charge in [-0.3, -0.25) is 4.79 Å². The van der Waals surface area contributed by atoms with Crippen LogP contribution in [0.5, 0.6) is 0 Å². The Hall–Kier alpha value is -1.86. The van der Waals surface area contributed by atoms with Gasteiger partial charge in [0.1, 0.15) is 6.54 Å². The quantitative estimate of drug-likeness (QED) is 0.847. The SMILES string of the molecule is CN(CC(=O)O)c1ccc(C(F)(F)F)nn1. The van der Waals surface area contributed by atoms with E-state index in [2.05, 4.69) is 10.2 Å². The molecule has 1 aromatic heterocycles. The molecule has 0 amide bonds. The second-order valence-electron chi connectivity index (χ2n) is 3.02. The molecule has 0 spiro atoms. The highest BCUT2D eigenvalue weighted by atomic mass is 19.4. The van der Waals surface area contributed by atoms with Crippen LogP contribution in [0.15, 0.2) is 12.1 Å². The number of hydrogen-bond acceptors (Lipinski definition) is 4. The van der Waals surface area contributed by atoms with Gasteiger partial charge in [-0.05, 0) is 12.1 Å². The largest absolute Gasteiger partial charge is 0.480 e. The summed E-state index contributed by atoms with van der Waals surface area (Å²) in [6, 6.07) is 1.82. The smallest absolute Gasteiger partial charge is 0.435 e. The van der Waals surface area contributed by atoms with Gasteiger partial charge >= 0.3 is 12.1 Å². The van der Waals surface area contributed by atoms with Crippen molar-refractivity contribution in [1.82, 2.24) is 10.2 Å². The van der Waals surface area contributed by atoms with Gasteiger partial charge in [-0.1, -0.05) is 0 Å². The number of rotatable bonds is 3. The first kappa shape index (κ1) is 12.2. The Morgan fingerprint density at radius 1 is 1.44 bits per heavy atom. The first-order valence-electron chi connectivity index (χ1n) is 4.14. The maximum Gasteiger partial charge on any atom is 0.435 e. The van der Waals surface area contributed by atoms with Gasteiger partial charge in [0.05, 0.1) is 0 Å². The molecule has 88 valence electrons. The van der Waals surface area contributed by atoms with Crippen LogP contribution in [0.4, 0.5) is 19.0 Å². The lowest BCUT2D eigenvalue weighted by Gasteiger charge is -2.14. The van der Waals surface area contributed by atoms with Crippen LogP contribution in [0.25, 0.3) is 0 Å². The number of halogens is 3. The molecular formula is C8H8F3N3O2. The van der Waals surface area contributed by atoms with Gasteiger partial charge in [-0.25, -0.2) is 0 Å². The van der Waals surface area contributed by atoms with Crippen molar-refractivity contribution in [3.63, 3.8) is 0 Å². The van der Waals surface area contributed by atoms with E-state index in [0.717, 1.165) is 12.1 Å². The third-order valence-corrected chi connectivity index (χ3v) is 1.70. The van der Waals surface area contributed by atoms with E-state index in [4.69, 9.17) is 5.11 Å². The number of hydrogen-bond donors (Lipinski definition) is 1. The van der Waals surface area contributed by atoms with Crippen LogP contribution in [0, 0.1) is 0 Å². The predicted octanol–water partition coefficient (Wildman–Crippen LogP) is 1.02. The van der Waals surface area contributed by atoms with E-state index in [0.29, 0.717) is 0 Å². The van der Waals surface area contributed by atoms with Crippen molar-refractivity contribution in [3.05, 3.63) is 17.8 Å². The highest BCUT2D eigenvalue weighted by Crippen LogP contribution is 2.27. The number of nitrogens with zero attached hydrogens (tertiary/aromatic N) is 3. The average Bonchev–Trinajstić information content (AvgIpc) is 2.15. The number of carboxylic acids is 1. The van der Waals surface area contributed by atoms with Crippen LogP contribution in [0.3, 0.4) is 0 Å². The fourth-order valence-corrected chi connectivity index (χ4v) is 0.964. The predicted molar refractivity (Wildman–Crippen MR) is 47.9 cm³/mol. The summed E-state index contributed by atoms with van der Waals surface area (Å²) < 4.78 is 36.4. The normalized spacial score (nSPS) is 11.2. The molecule has 1 aromatic rings. The van der Waals surface area contributed by atoms with Crippen molar-refractivity contribution in [2.45, 2.75) is 6.18 Å². The third-order valence-electron chi connectivity index (χ3n) is 1.70. The maximum absolute atomic E-state index is 12.1. The van der Waals surface area contributed by atoms with Gasteiger partial charge in [0, 0.05) is 7.05 Å². The lowest BCUT2D eigenvalue weighted by atomic mass is 10.3. The lowest BCUT2D eigenvalue weighted by Crippen LogP contribution is -2.26. The molecule has 0 aromatic carbocycles. The van der Waals surface area contributed by atoms with E-state index in [-0.39, 0.29) is 12.4 Å². The van der Waals surface area contributed by atoms with Gasteiger partial charge in [-0.15, -0.1) is 10.2 Å². The summed E-state index contributed by atoms with van der Waals surface area (Å²) in [6.07, 6.45) is -4.54. The van der Waals surface area contributed by atoms with Crippen LogP contribution >= 0.6 is 0 Å². The second kappa shape index (κ2) is 4.33. The molecule has 0 bridgehead atoms. The number of alkyl halides is 3. The molecule has 0 saturated heterocycles. The van der Waals surface area contributed by atoms with Gasteiger partial charge in [0.25, 0.3) is 0 Å². The molecule has 0 atom stereocenters. The highest BCUT2D eigenvalue weighted by molar-refractivity contribution is 5.72. The average molecular weight is 235 g/mol. The Labute approximate surface area is 88.5 Å². The molecule has 0 aliphatic carbocycles. The van der Waals surface area contributed by atoms with Gasteiger partial charge in [0.15, 0.2) is 11.5 Å². The van der Waals surface area contributed by atoms with Crippen molar-refractivity contribution in [1.29, 1.82) is 0 Å². The Balaban J connectivity index is 2.83. The fourth-order valence-electron chi connectivity index (χ4n) is 0.964. The minimum Gasteiger partial charge on any atom is -0.480 e. The van der Waals surface area contributed by atoms with E-state index in [1.807, 2.05) is 0 Å². The van der Waals surface area contributed by atoms with Crippen molar-refractivity contribution in [2.24, 2.45) is 0 Å². The number of likely N-dealkylation sites (N-methyl/N-ethyl adjacent to an activating group) is 1. The number of carbonyl (C=O) groups is 1. The number of anilines is 1. The molecule has 0 fully saturated rings. The van der Waals surface area contributed by atoms with Crippen molar-refractivity contribution >= 4 is 11.8 Å². The molecule has 8 heteroatoms. The Morgan fingerprint density at radius 2 is 2.06 bits per heavy atom. The summed E-state index contributed by atoms with van der Waals surface area (Å²) in [5, 5.41) is 14.7. The summed E-state index contributed by atoms with van der Waals surface area (Å²) in [5.74, 6) is -1.04. The minimum atomic E-state index is -4.54. The molecule has 1 rings (SSSR count). The molecule has 0 saturated carbocycles. The molecule has 16 heavy (non-hydrogen) atoms. The van der Waals surface area contributed by atoms with Crippen LogP contribution < -0.4 is 4.90 Å². The van der Waals surface area contributed by atoms with E-state index in [1.54, 1.807) is 0 Å². The number of aliphatic carboxylic acids is 1. The Morgan fingerprint density at radius 3 is 2.44 bits per heavy atom. The summed E-state index contributed by atoms with van der Waals surface area (Å²) in [4.78, 5) is 11.5. The van der Waals surface area contributed by atoms with Crippen LogP contribution in [-0.4, -0.2) is 34.9 Å². The molecule has 0 aliphatic rings. The third kappa shape index (κ3) is 3.07. The first-order valence-corrected chi connectivity index (χ1v) is 4.14. The molecule has 0 unspecified atom stereocenters. The van der Waals surface area contributed by atoms with Crippen LogP contribution in [-0.2, 0) is 11.0 Å². The van der Waals surface area contributed by atoms with Gasteiger partial charge in [0.2, 0.25) is 0 Å². The fraction of sp³-hybridized carbons (Fsp3) is 0.375. The summed E-state index contributed by atoms with van der Waals surface area (Å²) in [6.45, 7) is -0.361. The maximum atomic E-state index is 12.1. The van der Waals surface area contributed by atoms with Crippen molar-refractivity contribution in [3.8, 4) is 0 Å². The van der Waals surface area contributed by atoms with Crippen molar-refractivity contribution < 1.29 is 23.1 Å². The zero-order valence-electron chi connectivity index (χ0n) is 8.19. The summed E-state index contributed by atoms with van der Waals surface area (Å²) >= 11 is 0. The van der Waals surface area contributed by atoms with E-state index < -0.39 is 17.8 Å². The van der Waals surface area contributed by atoms with Gasteiger partial charge in [-0.2, -0.15) is 13.2 Å². The lowest BCUT2D eigenvalue weighted by molar-refractivity contribution is -0.141. The van der Waals surface area contributed by atoms with E-state index in [9.17, 15) is 18.0 Å². The molecule has 1 heterocycles. The Bertz CT molecular complexity index is 377. The zero-order valence-corrected chi connectivity index (χ0v) is 8.19. The molecule has 5 nitrogen and oxygen atoms in total. The monoisotopic (exact) mass is 235 g/mol. The summed E-state index contributed by atoms with van der Waals surface area (Å²) in [7, 11) is 1.39. The number of carboxylic acid groups (broad SMARTS) is 1. The van der Waals surface area contributed by atoms with Crippen LogP contribution in [0.2, 0.25) is 0 Å². The molecule has 0 radical (unpaired) electrons. The highest BCUT2D eigenvalue weighted by Gasteiger charge is 2.33. The molecule has 1 N–H and O–H groups in total. The van der Waals surface area contributed by atoms with Crippen molar-refractivity contribution in [2.75, 3.05) is 18.5 Å². The summed E-state index contributed by atoms with van der Waals surface area (Å²) in [5.41, 5.74) is -1.11. The standard InChI is InChI=1S/C8H8F3N3O2/c1-14(4-7(15)16)6-3-2-5(12-13-6)8(9,10)11/h2-3H,4H2,1H3,(H,15,16). The van der Waals surface area contributed by atoms with E-state index in [1.165, 1.54) is 11.9 Å². The molecule has 0 aliphatic heterocycles. The van der Waals surface area contributed by atoms with E-state index >= 15 is 0 Å². The number of aromatic nitrogens is 2. The second-order valence-corrected chi connectivity index (χ2v) is 3.02. The Kier molecular flexibility index (Phi) is 3.31. The zero-order chi connectivity index (χ0) is 12.3. The molecular weight excluding hydrogens is 227 g/mol. The van der Waals surface area contributed by atoms with Gasteiger partial charge < -0.3 is 10.0 Å². The first-order chi connectivity index (χ1) is 7.30. The topological polar surface area (TPSA) is 66.3 Å².